The quantitative estimate of drug-likeness (QED) is 0.846. The average molecular weight is 333 g/mol. The number of hydrogen-bond donors (Lipinski definition) is 1. The molecule has 2 rings (SSSR count). The van der Waals surface area contributed by atoms with Crippen molar-refractivity contribution in [3.63, 3.8) is 0 Å². The third-order valence-corrected chi connectivity index (χ3v) is 4.64. The number of aromatic nitrogens is 1. The largest absolute Gasteiger partial charge is 0.494 e. The van der Waals surface area contributed by atoms with Crippen molar-refractivity contribution in [2.75, 3.05) is 33.8 Å². The number of nitrogens with zero attached hydrogens (tertiary/aromatic N) is 2. The first-order valence-electron chi connectivity index (χ1n) is 7.67. The number of benzene rings is 1. The van der Waals surface area contributed by atoms with Crippen molar-refractivity contribution in [2.45, 2.75) is 13.8 Å². The van der Waals surface area contributed by atoms with Gasteiger partial charge in [-0.3, -0.25) is 4.79 Å². The van der Waals surface area contributed by atoms with Gasteiger partial charge in [-0.05, 0) is 45.2 Å². The molecule has 0 aliphatic rings. The van der Waals surface area contributed by atoms with Gasteiger partial charge >= 0.3 is 0 Å². The van der Waals surface area contributed by atoms with Gasteiger partial charge in [0.05, 0.1) is 12.3 Å². The summed E-state index contributed by atoms with van der Waals surface area (Å²) in [6.07, 6.45) is 0. The number of carbonyl (C=O) groups is 1. The summed E-state index contributed by atoms with van der Waals surface area (Å²) in [6.45, 7) is 5.93. The first-order chi connectivity index (χ1) is 11.1. The Morgan fingerprint density at radius 1 is 1.35 bits per heavy atom. The third-order valence-electron chi connectivity index (χ3n) is 3.45. The molecule has 6 heteroatoms. The average Bonchev–Trinajstić information content (AvgIpc) is 2.94. The number of likely N-dealkylation sites (N-methyl/N-ethyl adjacent to an activating group) is 2. The van der Waals surface area contributed by atoms with Crippen LogP contribution in [0.3, 0.4) is 0 Å². The number of aryl methyl sites for hydroxylation is 1. The minimum Gasteiger partial charge on any atom is -0.494 e. The number of hydrogen-bond acceptors (Lipinski definition) is 5. The van der Waals surface area contributed by atoms with E-state index in [9.17, 15) is 4.79 Å². The highest BCUT2D eigenvalue weighted by atomic mass is 32.1. The maximum absolute atomic E-state index is 12.5. The second-order valence-electron chi connectivity index (χ2n) is 5.22. The number of thiazole rings is 1. The normalized spacial score (nSPS) is 10.6. The van der Waals surface area contributed by atoms with E-state index in [1.165, 1.54) is 11.3 Å². The van der Waals surface area contributed by atoms with Crippen LogP contribution in [0.15, 0.2) is 24.3 Å². The lowest BCUT2D eigenvalue weighted by Gasteiger charge is -2.15. The number of ether oxygens (including phenoxy) is 1. The minimum atomic E-state index is 0.0208. The fourth-order valence-electron chi connectivity index (χ4n) is 2.13. The summed E-state index contributed by atoms with van der Waals surface area (Å²) in [4.78, 5) is 19.5. The molecule has 0 atom stereocenters. The zero-order valence-corrected chi connectivity index (χ0v) is 14.9. The summed E-state index contributed by atoms with van der Waals surface area (Å²) in [5, 5.41) is 3.91. The molecule has 0 saturated heterocycles. The van der Waals surface area contributed by atoms with Crippen LogP contribution in [-0.4, -0.2) is 49.6 Å². The Bertz CT molecular complexity index is 652. The molecule has 1 amide bonds. The Morgan fingerprint density at radius 3 is 2.65 bits per heavy atom. The fourth-order valence-corrected chi connectivity index (χ4v) is 3.20. The molecule has 1 aromatic heterocycles. The van der Waals surface area contributed by atoms with E-state index in [-0.39, 0.29) is 5.91 Å². The Morgan fingerprint density at radius 2 is 2.04 bits per heavy atom. The van der Waals surface area contributed by atoms with Gasteiger partial charge in [0.15, 0.2) is 0 Å². The van der Waals surface area contributed by atoms with Gasteiger partial charge in [-0.25, -0.2) is 4.98 Å². The first-order valence-corrected chi connectivity index (χ1v) is 8.49. The van der Waals surface area contributed by atoms with Crippen molar-refractivity contribution in [2.24, 2.45) is 0 Å². The van der Waals surface area contributed by atoms with E-state index in [2.05, 4.69) is 10.3 Å². The Kier molecular flexibility index (Phi) is 6.12. The molecule has 0 fully saturated rings. The summed E-state index contributed by atoms with van der Waals surface area (Å²) >= 11 is 1.44. The second kappa shape index (κ2) is 8.08. The fraction of sp³-hybridized carbons (Fsp3) is 0.412. The van der Waals surface area contributed by atoms with Gasteiger partial charge in [0.25, 0.3) is 5.91 Å². The standard InChI is InChI=1S/C17H23N3O2S/c1-5-22-14-8-6-13(7-9-14)16-19-12(2)15(23-16)17(21)20(4)11-10-18-3/h6-9,18H,5,10-11H2,1-4H3. The molecule has 0 bridgehead atoms. The van der Waals surface area contributed by atoms with Crippen molar-refractivity contribution in [3.8, 4) is 16.3 Å². The van der Waals surface area contributed by atoms with Crippen LogP contribution in [0.25, 0.3) is 10.6 Å². The lowest BCUT2D eigenvalue weighted by Crippen LogP contribution is -2.32. The van der Waals surface area contributed by atoms with Crippen molar-refractivity contribution in [1.82, 2.24) is 15.2 Å². The Hall–Kier alpha value is -1.92. The SMILES string of the molecule is CCOc1ccc(-c2nc(C)c(C(=O)N(C)CCNC)s2)cc1. The molecule has 0 radical (unpaired) electrons. The van der Waals surface area contributed by atoms with E-state index < -0.39 is 0 Å². The van der Waals surface area contributed by atoms with Gasteiger partial charge in [0.1, 0.15) is 15.6 Å². The molecule has 0 aliphatic carbocycles. The van der Waals surface area contributed by atoms with Crippen molar-refractivity contribution >= 4 is 17.2 Å². The van der Waals surface area contributed by atoms with Crippen molar-refractivity contribution in [1.29, 1.82) is 0 Å². The van der Waals surface area contributed by atoms with Crippen LogP contribution in [-0.2, 0) is 0 Å². The van der Waals surface area contributed by atoms with Crippen LogP contribution in [0.5, 0.6) is 5.75 Å². The van der Waals surface area contributed by atoms with Crippen molar-refractivity contribution < 1.29 is 9.53 Å². The van der Waals surface area contributed by atoms with Gasteiger partial charge in [-0.15, -0.1) is 11.3 Å². The molecule has 23 heavy (non-hydrogen) atoms. The maximum Gasteiger partial charge on any atom is 0.265 e. The molecule has 0 aliphatic heterocycles. The van der Waals surface area contributed by atoms with E-state index in [4.69, 9.17) is 4.74 Å². The third kappa shape index (κ3) is 4.30. The number of nitrogens with one attached hydrogen (secondary N) is 1. The molecule has 1 heterocycles. The number of carbonyl (C=O) groups excluding carboxylic acids is 1. The highest BCUT2D eigenvalue weighted by Crippen LogP contribution is 2.29. The van der Waals surface area contributed by atoms with E-state index in [0.717, 1.165) is 28.6 Å². The van der Waals surface area contributed by atoms with Gasteiger partial charge in [0.2, 0.25) is 0 Å². The predicted molar refractivity (Wildman–Crippen MR) is 94.3 cm³/mol. The molecular weight excluding hydrogens is 310 g/mol. The van der Waals surface area contributed by atoms with Crippen LogP contribution in [0.1, 0.15) is 22.3 Å². The zero-order valence-electron chi connectivity index (χ0n) is 14.0. The van der Waals surface area contributed by atoms with E-state index in [1.54, 1.807) is 4.90 Å². The van der Waals surface area contributed by atoms with Crippen LogP contribution < -0.4 is 10.1 Å². The van der Waals surface area contributed by atoms with E-state index in [1.807, 2.05) is 52.2 Å². The highest BCUT2D eigenvalue weighted by Gasteiger charge is 2.19. The smallest absolute Gasteiger partial charge is 0.265 e. The Labute approximate surface area is 141 Å². The highest BCUT2D eigenvalue weighted by molar-refractivity contribution is 7.17. The molecule has 124 valence electrons. The lowest BCUT2D eigenvalue weighted by molar-refractivity contribution is 0.0800. The van der Waals surface area contributed by atoms with Crippen molar-refractivity contribution in [3.05, 3.63) is 34.8 Å². The molecular formula is C17H23N3O2S. The Balaban J connectivity index is 2.18. The second-order valence-corrected chi connectivity index (χ2v) is 6.22. The molecule has 0 spiro atoms. The van der Waals surface area contributed by atoms with Crippen LogP contribution in [0, 0.1) is 6.92 Å². The summed E-state index contributed by atoms with van der Waals surface area (Å²) in [5.74, 6) is 0.861. The molecule has 0 unspecified atom stereocenters. The van der Waals surface area contributed by atoms with Crippen LogP contribution in [0.2, 0.25) is 0 Å². The summed E-state index contributed by atoms with van der Waals surface area (Å²) in [5.41, 5.74) is 1.78. The molecule has 5 nitrogen and oxygen atoms in total. The van der Waals surface area contributed by atoms with Crippen LogP contribution in [0.4, 0.5) is 0 Å². The van der Waals surface area contributed by atoms with E-state index in [0.29, 0.717) is 18.0 Å². The van der Waals surface area contributed by atoms with E-state index >= 15 is 0 Å². The maximum atomic E-state index is 12.5. The minimum absolute atomic E-state index is 0.0208. The monoisotopic (exact) mass is 333 g/mol. The zero-order chi connectivity index (χ0) is 16.8. The number of amides is 1. The summed E-state index contributed by atoms with van der Waals surface area (Å²) in [6, 6.07) is 7.80. The van der Waals surface area contributed by atoms with Crippen LogP contribution >= 0.6 is 11.3 Å². The van der Waals surface area contributed by atoms with Gasteiger partial charge in [-0.1, -0.05) is 0 Å². The molecule has 1 aromatic carbocycles. The van der Waals surface area contributed by atoms with Gasteiger partial charge < -0.3 is 15.0 Å². The topological polar surface area (TPSA) is 54.5 Å². The number of rotatable bonds is 7. The van der Waals surface area contributed by atoms with Gasteiger partial charge in [-0.2, -0.15) is 0 Å². The first kappa shape index (κ1) is 17.4. The molecule has 0 saturated carbocycles. The lowest BCUT2D eigenvalue weighted by atomic mass is 10.2. The summed E-state index contributed by atoms with van der Waals surface area (Å²) < 4.78 is 5.45. The van der Waals surface area contributed by atoms with Gasteiger partial charge in [0, 0.05) is 25.7 Å². The molecule has 2 aromatic rings. The summed E-state index contributed by atoms with van der Waals surface area (Å²) in [7, 11) is 3.69. The predicted octanol–water partition coefficient (Wildman–Crippen LogP) is 2.81. The molecule has 1 N–H and O–H groups in total.